The molecule has 0 fully saturated rings. The van der Waals surface area contributed by atoms with Crippen LogP contribution in [0.25, 0.3) is 0 Å². The van der Waals surface area contributed by atoms with Crippen LogP contribution in [0.2, 0.25) is 5.02 Å². The molecule has 6 nitrogen and oxygen atoms in total. The fraction of sp³-hybridized carbons (Fsp3) is 0.208. The summed E-state index contributed by atoms with van der Waals surface area (Å²) in [5.41, 5.74) is 2.54. The number of methoxy groups -OCH3 is 1. The third-order valence-electron chi connectivity index (χ3n) is 5.26. The van der Waals surface area contributed by atoms with Crippen LogP contribution in [-0.4, -0.2) is 41.7 Å². The van der Waals surface area contributed by atoms with Gasteiger partial charge in [0.05, 0.1) is 38.5 Å². The number of rotatable bonds is 8. The number of carboxylic acid groups (broad SMARTS) is 1. The van der Waals surface area contributed by atoms with E-state index in [-0.39, 0.29) is 6.42 Å². The third-order valence-corrected chi connectivity index (χ3v) is 6.98. The molecule has 0 saturated carbocycles. The van der Waals surface area contributed by atoms with E-state index in [2.05, 4.69) is 4.90 Å². The number of hydrogen-bond acceptors (Lipinski definition) is 5. The maximum Gasteiger partial charge on any atom is 0.333 e. The highest BCUT2D eigenvalue weighted by Gasteiger charge is 2.28. The van der Waals surface area contributed by atoms with Crippen LogP contribution in [0.3, 0.4) is 0 Å². The van der Waals surface area contributed by atoms with Gasteiger partial charge in [0.1, 0.15) is 12.4 Å². The van der Waals surface area contributed by atoms with Crippen LogP contribution in [-0.2, 0) is 26.8 Å². The summed E-state index contributed by atoms with van der Waals surface area (Å²) in [5, 5.41) is 9.70. The summed E-state index contributed by atoms with van der Waals surface area (Å²) in [4.78, 5) is 14.7. The molecule has 2 unspecified atom stereocenters. The van der Waals surface area contributed by atoms with Crippen LogP contribution >= 0.6 is 11.6 Å². The van der Waals surface area contributed by atoms with Gasteiger partial charge in [-0.1, -0.05) is 35.9 Å². The summed E-state index contributed by atoms with van der Waals surface area (Å²) in [6.45, 7) is 0.927. The minimum atomic E-state index is -1.27. The minimum Gasteiger partial charge on any atom is -0.492 e. The van der Waals surface area contributed by atoms with Crippen molar-refractivity contribution in [1.82, 2.24) is 0 Å². The Labute approximate surface area is 193 Å². The van der Waals surface area contributed by atoms with Gasteiger partial charge in [0.15, 0.2) is 6.10 Å². The van der Waals surface area contributed by atoms with Crippen LogP contribution in [0, 0.1) is 0 Å². The van der Waals surface area contributed by atoms with Crippen molar-refractivity contribution in [2.75, 3.05) is 25.2 Å². The summed E-state index contributed by atoms with van der Waals surface area (Å²) in [7, 11) is 0.119. The largest absolute Gasteiger partial charge is 0.492 e. The number of anilines is 2. The lowest BCUT2D eigenvalue weighted by Crippen LogP contribution is -2.28. The lowest BCUT2D eigenvalue weighted by Gasteiger charge is -2.32. The van der Waals surface area contributed by atoms with Crippen molar-refractivity contribution in [2.24, 2.45) is 0 Å². The van der Waals surface area contributed by atoms with Crippen LogP contribution in [0.15, 0.2) is 76.5 Å². The Morgan fingerprint density at radius 3 is 2.50 bits per heavy atom. The Morgan fingerprint density at radius 2 is 1.78 bits per heavy atom. The molecule has 2 atom stereocenters. The molecule has 1 N–H and O–H groups in total. The zero-order chi connectivity index (χ0) is 22.7. The summed E-state index contributed by atoms with van der Waals surface area (Å²) in [6.07, 6.45) is -0.593. The molecule has 1 heterocycles. The van der Waals surface area contributed by atoms with Gasteiger partial charge in [0.25, 0.3) is 0 Å². The van der Waals surface area contributed by atoms with Gasteiger partial charge in [-0.2, -0.15) is 0 Å². The number of aliphatic carboxylic acids is 1. The molecule has 0 bridgehead atoms. The van der Waals surface area contributed by atoms with Gasteiger partial charge in [-0.05, 0) is 48.0 Å². The first-order valence-corrected chi connectivity index (χ1v) is 11.6. The Bertz CT molecular complexity index is 1150. The standard InChI is InChI=1S/C24H22ClNO5S/c1-30-21(24(27)28)14-16-6-9-18(10-7-16)31-13-12-26-19-4-2-3-5-22(19)32(29)23-11-8-17(25)15-20(23)26/h2-11,15,21H,12-14H2,1H3,(H,27,28). The second-order valence-electron chi connectivity index (χ2n) is 7.26. The van der Waals surface area contributed by atoms with Crippen molar-refractivity contribution in [3.8, 4) is 5.75 Å². The maximum absolute atomic E-state index is 13.0. The van der Waals surface area contributed by atoms with Crippen LogP contribution < -0.4 is 9.64 Å². The van der Waals surface area contributed by atoms with E-state index in [1.165, 1.54) is 7.11 Å². The number of nitrogens with zero attached hydrogens (tertiary/aromatic N) is 1. The van der Waals surface area contributed by atoms with E-state index in [0.29, 0.717) is 23.9 Å². The first-order chi connectivity index (χ1) is 15.5. The van der Waals surface area contributed by atoms with E-state index in [1.807, 2.05) is 54.6 Å². The molecule has 3 aromatic carbocycles. The summed E-state index contributed by atoms with van der Waals surface area (Å²) < 4.78 is 23.9. The van der Waals surface area contributed by atoms with Crippen LogP contribution in [0.5, 0.6) is 5.75 Å². The van der Waals surface area contributed by atoms with Crippen molar-refractivity contribution in [3.05, 3.63) is 77.3 Å². The molecule has 0 amide bonds. The quantitative estimate of drug-likeness (QED) is 0.514. The van der Waals surface area contributed by atoms with Gasteiger partial charge in [-0.3, -0.25) is 0 Å². The first-order valence-electron chi connectivity index (χ1n) is 10.0. The minimum absolute atomic E-state index is 0.283. The van der Waals surface area contributed by atoms with Gasteiger partial charge in [0.2, 0.25) is 0 Å². The zero-order valence-electron chi connectivity index (χ0n) is 17.4. The van der Waals surface area contributed by atoms with Gasteiger partial charge in [0, 0.05) is 18.6 Å². The Morgan fingerprint density at radius 1 is 1.06 bits per heavy atom. The van der Waals surface area contributed by atoms with Crippen molar-refractivity contribution < 1.29 is 23.6 Å². The number of benzene rings is 3. The van der Waals surface area contributed by atoms with Crippen molar-refractivity contribution in [1.29, 1.82) is 0 Å². The Kier molecular flexibility index (Phi) is 6.79. The van der Waals surface area contributed by atoms with E-state index in [4.69, 9.17) is 26.2 Å². The highest BCUT2D eigenvalue weighted by atomic mass is 35.5. The third kappa shape index (κ3) is 4.65. The van der Waals surface area contributed by atoms with E-state index >= 15 is 0 Å². The molecule has 0 spiro atoms. The van der Waals surface area contributed by atoms with E-state index in [9.17, 15) is 9.00 Å². The first kappa shape index (κ1) is 22.3. The summed E-state index contributed by atoms with van der Waals surface area (Å²) >= 11 is 6.22. The lowest BCUT2D eigenvalue weighted by atomic mass is 10.1. The number of hydrogen-bond donors (Lipinski definition) is 1. The summed E-state index contributed by atoms with van der Waals surface area (Å²) in [5.74, 6) is -0.311. The average molecular weight is 472 g/mol. The molecule has 8 heteroatoms. The molecule has 3 aromatic rings. The number of carbonyl (C=O) groups is 1. The number of fused-ring (bicyclic) bond motifs is 2. The highest BCUT2D eigenvalue weighted by molar-refractivity contribution is 7.85. The molecule has 1 aliphatic rings. The van der Waals surface area contributed by atoms with Crippen molar-refractivity contribution in [2.45, 2.75) is 22.3 Å². The average Bonchev–Trinajstić information content (AvgIpc) is 2.80. The molecular weight excluding hydrogens is 450 g/mol. The van der Waals surface area contributed by atoms with Crippen LogP contribution in [0.1, 0.15) is 5.56 Å². The molecule has 0 radical (unpaired) electrons. The molecule has 0 aliphatic carbocycles. The molecular formula is C24H22ClNO5S. The monoisotopic (exact) mass is 471 g/mol. The van der Waals surface area contributed by atoms with Crippen LogP contribution in [0.4, 0.5) is 11.4 Å². The molecule has 0 aromatic heterocycles. The Hall–Kier alpha value is -2.87. The molecule has 0 saturated heterocycles. The van der Waals surface area contributed by atoms with Gasteiger partial charge in [-0.25, -0.2) is 9.00 Å². The van der Waals surface area contributed by atoms with Gasteiger partial charge in [-0.15, -0.1) is 0 Å². The number of para-hydroxylation sites is 1. The molecule has 166 valence electrons. The lowest BCUT2D eigenvalue weighted by molar-refractivity contribution is -0.148. The van der Waals surface area contributed by atoms with E-state index in [0.717, 1.165) is 26.7 Å². The zero-order valence-corrected chi connectivity index (χ0v) is 18.9. The van der Waals surface area contributed by atoms with Gasteiger partial charge < -0.3 is 19.5 Å². The Balaban J connectivity index is 1.47. The normalized spacial score (nSPS) is 15.6. The maximum atomic E-state index is 13.0. The second-order valence-corrected chi connectivity index (χ2v) is 9.11. The topological polar surface area (TPSA) is 76.1 Å². The predicted octanol–water partition coefficient (Wildman–Crippen LogP) is 4.68. The molecule has 4 rings (SSSR count). The number of carboxylic acids is 1. The fourth-order valence-corrected chi connectivity index (χ4v) is 5.17. The fourth-order valence-electron chi connectivity index (χ4n) is 3.65. The van der Waals surface area contributed by atoms with Crippen molar-refractivity contribution in [3.63, 3.8) is 0 Å². The predicted molar refractivity (Wildman–Crippen MR) is 124 cm³/mol. The van der Waals surface area contributed by atoms with E-state index in [1.54, 1.807) is 12.1 Å². The molecule has 32 heavy (non-hydrogen) atoms. The molecule has 1 aliphatic heterocycles. The van der Waals surface area contributed by atoms with E-state index < -0.39 is 22.9 Å². The SMILES string of the molecule is COC(Cc1ccc(OCCN2c3ccccc3S(=O)c3ccc(Cl)cc32)cc1)C(=O)O. The number of ether oxygens (including phenoxy) is 2. The van der Waals surface area contributed by atoms with Gasteiger partial charge >= 0.3 is 5.97 Å². The highest BCUT2D eigenvalue weighted by Crippen LogP contribution is 2.42. The second kappa shape index (κ2) is 9.73. The smallest absolute Gasteiger partial charge is 0.333 e. The number of halogens is 1. The summed E-state index contributed by atoms with van der Waals surface area (Å²) in [6, 6.07) is 20.3. The van der Waals surface area contributed by atoms with Crippen molar-refractivity contribution >= 4 is 39.7 Å².